The average molecular weight is 835 g/mol. The maximum absolute atomic E-state index is 13.5. The molecule has 0 bridgehead atoms. The SMILES string of the molecule is COc1ccc(N/N=C2\C(=O)c3ccc(NC(=O)Nc4ccc5c(c4)C=C(S(=O)(=O)O)/C(=N/Nc4ccc(OC)nc4OC)C5=O)cc3C=C2S(=O)(=O)O)c(OC)n1. The van der Waals surface area contributed by atoms with E-state index in [-0.39, 0.29) is 68.5 Å². The summed E-state index contributed by atoms with van der Waals surface area (Å²) in [4.78, 5) is 46.5. The number of hydrogen-bond donors (Lipinski definition) is 6. The van der Waals surface area contributed by atoms with Gasteiger partial charge in [0.1, 0.15) is 21.2 Å². The first-order valence-electron chi connectivity index (χ1n) is 16.2. The molecular formula is C35H30N8O13S2. The molecule has 0 radical (unpaired) electrons. The highest BCUT2D eigenvalue weighted by atomic mass is 32.2. The fraction of sp³-hybridized carbons (Fsp3) is 0.114. The van der Waals surface area contributed by atoms with Crippen LogP contribution in [0.1, 0.15) is 31.8 Å². The van der Waals surface area contributed by atoms with Crippen LogP contribution in [0.25, 0.3) is 12.2 Å². The molecule has 2 aliphatic rings. The van der Waals surface area contributed by atoms with E-state index >= 15 is 0 Å². The minimum Gasteiger partial charge on any atom is -0.481 e. The Kier molecular flexibility index (Phi) is 11.2. The van der Waals surface area contributed by atoms with Crippen molar-refractivity contribution in [3.8, 4) is 23.5 Å². The van der Waals surface area contributed by atoms with Gasteiger partial charge in [0.25, 0.3) is 20.2 Å². The van der Waals surface area contributed by atoms with Gasteiger partial charge in [0.15, 0.2) is 11.4 Å². The number of carbonyl (C=O) groups is 3. The number of aromatic nitrogens is 2. The predicted molar refractivity (Wildman–Crippen MR) is 210 cm³/mol. The lowest BCUT2D eigenvalue weighted by molar-refractivity contribution is 0.105. The molecule has 0 aliphatic heterocycles. The second-order valence-corrected chi connectivity index (χ2v) is 14.6. The second-order valence-electron chi connectivity index (χ2n) is 11.8. The number of urea groups is 1. The van der Waals surface area contributed by atoms with Crippen LogP contribution in [0.5, 0.6) is 23.5 Å². The van der Waals surface area contributed by atoms with Gasteiger partial charge in [0, 0.05) is 34.6 Å². The molecule has 0 atom stereocenters. The largest absolute Gasteiger partial charge is 0.481 e. The minimum atomic E-state index is -5.01. The summed E-state index contributed by atoms with van der Waals surface area (Å²) in [6.07, 6.45) is 1.99. The molecule has 0 unspecified atom stereocenters. The highest BCUT2D eigenvalue weighted by molar-refractivity contribution is 7.91. The molecule has 2 aromatic heterocycles. The summed E-state index contributed by atoms with van der Waals surface area (Å²) in [5.41, 5.74) is 4.21. The molecule has 300 valence electrons. The zero-order valence-corrected chi connectivity index (χ0v) is 32.1. The number of carbonyl (C=O) groups excluding carboxylic acids is 3. The zero-order valence-electron chi connectivity index (χ0n) is 30.4. The first kappa shape index (κ1) is 40.5. The number of benzene rings is 2. The maximum Gasteiger partial charge on any atom is 0.323 e. The first-order valence-corrected chi connectivity index (χ1v) is 19.1. The van der Waals surface area contributed by atoms with E-state index < -0.39 is 59.1 Å². The summed E-state index contributed by atoms with van der Waals surface area (Å²) < 4.78 is 90.0. The van der Waals surface area contributed by atoms with Gasteiger partial charge < -0.3 is 29.6 Å². The van der Waals surface area contributed by atoms with E-state index in [1.807, 2.05) is 0 Å². The first-order chi connectivity index (χ1) is 27.5. The molecular weight excluding hydrogens is 805 g/mol. The molecule has 2 aromatic carbocycles. The van der Waals surface area contributed by atoms with Gasteiger partial charge in [-0.05, 0) is 71.8 Å². The quantitative estimate of drug-likeness (QED) is 0.0870. The van der Waals surface area contributed by atoms with Gasteiger partial charge in [-0.1, -0.05) is 0 Å². The highest BCUT2D eigenvalue weighted by Crippen LogP contribution is 2.32. The van der Waals surface area contributed by atoms with Crippen LogP contribution in [0, 0.1) is 0 Å². The van der Waals surface area contributed by atoms with Crippen LogP contribution in [-0.2, 0) is 20.2 Å². The molecule has 2 heterocycles. The summed E-state index contributed by atoms with van der Waals surface area (Å²) in [5.74, 6) is -1.31. The van der Waals surface area contributed by atoms with Crippen molar-refractivity contribution in [2.24, 2.45) is 10.2 Å². The Hall–Kier alpha value is -7.21. The number of methoxy groups -OCH3 is 4. The average Bonchev–Trinajstić information content (AvgIpc) is 3.18. The number of pyridine rings is 2. The van der Waals surface area contributed by atoms with Gasteiger partial charge in [-0.25, -0.2) is 4.79 Å². The maximum atomic E-state index is 13.5. The molecule has 58 heavy (non-hydrogen) atoms. The topological polar surface area (TPSA) is 295 Å². The van der Waals surface area contributed by atoms with Crippen molar-refractivity contribution >= 4 is 84.2 Å². The lowest BCUT2D eigenvalue weighted by Gasteiger charge is -2.18. The number of nitrogens with zero attached hydrogens (tertiary/aromatic N) is 4. The molecule has 4 aromatic rings. The standard InChI is InChI=1S/C35H30N8O13S2/c1-53-27-11-9-23(33(38-27)55-3)40-42-29-25(57(47,48)49)15-17-13-19(5-7-21(17)31(29)44)36-35(46)37-20-6-8-22-18(14-20)16-26(58(50,51)52)30(32(22)45)43-41-24-10-12-28(54-2)39-34(24)56-4/h5-16,40-41H,1-4H3,(H2,36,37,46)(H,47,48,49)(H,50,51,52)/b42-29-,43-30-. The molecule has 2 amide bonds. The number of allylic oxidation sites excluding steroid dienone is 2. The number of amides is 2. The fourth-order valence-corrected chi connectivity index (χ4v) is 6.84. The van der Waals surface area contributed by atoms with E-state index in [9.17, 15) is 40.3 Å². The number of ether oxygens (including phenoxy) is 4. The Morgan fingerprint density at radius 1 is 0.603 bits per heavy atom. The third kappa shape index (κ3) is 8.46. The Morgan fingerprint density at radius 3 is 1.34 bits per heavy atom. The van der Waals surface area contributed by atoms with E-state index in [1.54, 1.807) is 0 Å². The van der Waals surface area contributed by atoms with Crippen LogP contribution in [0.4, 0.5) is 27.5 Å². The van der Waals surface area contributed by atoms with Gasteiger partial charge in [-0.3, -0.25) is 29.5 Å². The number of hydrogen-bond acceptors (Lipinski definition) is 17. The molecule has 21 nitrogen and oxygen atoms in total. The molecule has 0 saturated heterocycles. The summed E-state index contributed by atoms with van der Waals surface area (Å²) in [7, 11) is -4.60. The Balaban J connectivity index is 1.22. The summed E-state index contributed by atoms with van der Waals surface area (Å²) in [6, 6.07) is 12.8. The number of nitrogens with one attached hydrogen (secondary N) is 4. The number of hydrazone groups is 2. The summed E-state index contributed by atoms with van der Waals surface area (Å²) in [6.45, 7) is 0. The zero-order chi connectivity index (χ0) is 41.9. The van der Waals surface area contributed by atoms with Crippen molar-refractivity contribution in [1.29, 1.82) is 0 Å². The van der Waals surface area contributed by atoms with Crippen LogP contribution in [0.3, 0.4) is 0 Å². The van der Waals surface area contributed by atoms with E-state index in [4.69, 9.17) is 18.9 Å². The number of ketones is 2. The van der Waals surface area contributed by atoms with Crippen molar-refractivity contribution in [2.75, 3.05) is 49.9 Å². The van der Waals surface area contributed by atoms with Gasteiger partial charge in [-0.2, -0.15) is 37.0 Å². The highest BCUT2D eigenvalue weighted by Gasteiger charge is 2.35. The summed E-state index contributed by atoms with van der Waals surface area (Å²) in [5, 5.41) is 12.9. The van der Waals surface area contributed by atoms with Crippen molar-refractivity contribution in [3.05, 3.63) is 92.7 Å². The molecule has 23 heteroatoms. The normalized spacial score (nSPS) is 15.1. The monoisotopic (exact) mass is 834 g/mol. The van der Waals surface area contributed by atoms with E-state index in [2.05, 4.69) is 41.7 Å². The smallest absolute Gasteiger partial charge is 0.323 e. The number of fused-ring (bicyclic) bond motifs is 2. The van der Waals surface area contributed by atoms with Crippen LogP contribution >= 0.6 is 0 Å². The van der Waals surface area contributed by atoms with Crippen molar-refractivity contribution in [2.45, 2.75) is 0 Å². The second kappa shape index (κ2) is 16.1. The summed E-state index contributed by atoms with van der Waals surface area (Å²) >= 11 is 0. The minimum absolute atomic E-state index is 0.0135. The third-order valence-electron chi connectivity index (χ3n) is 8.18. The van der Waals surface area contributed by atoms with E-state index in [0.717, 1.165) is 12.2 Å². The molecule has 2 aliphatic carbocycles. The van der Waals surface area contributed by atoms with Crippen LogP contribution in [0.2, 0.25) is 0 Å². The molecule has 0 spiro atoms. The lowest BCUT2D eigenvalue weighted by atomic mass is 9.94. The van der Waals surface area contributed by atoms with Gasteiger partial charge in [-0.15, -0.1) is 0 Å². The molecule has 0 saturated carbocycles. The number of Topliss-reactive ketones (excluding diaryl/α,β-unsaturated/α-hetero) is 2. The Labute approximate surface area is 329 Å². The molecule has 6 rings (SSSR count). The van der Waals surface area contributed by atoms with Gasteiger partial charge in [0.05, 0.1) is 28.4 Å². The van der Waals surface area contributed by atoms with Crippen molar-refractivity contribution < 1.29 is 59.3 Å². The van der Waals surface area contributed by atoms with E-state index in [0.29, 0.717) is 0 Å². The van der Waals surface area contributed by atoms with E-state index in [1.165, 1.54) is 89.1 Å². The third-order valence-corrected chi connectivity index (χ3v) is 9.92. The Bertz CT molecular complexity index is 2560. The predicted octanol–water partition coefficient (Wildman–Crippen LogP) is 3.94. The van der Waals surface area contributed by atoms with Crippen LogP contribution in [0.15, 0.2) is 80.7 Å². The number of rotatable bonds is 12. The lowest BCUT2D eigenvalue weighted by Crippen LogP contribution is -2.27. The van der Waals surface area contributed by atoms with Crippen LogP contribution < -0.4 is 40.4 Å². The van der Waals surface area contributed by atoms with Crippen molar-refractivity contribution in [3.63, 3.8) is 0 Å². The van der Waals surface area contributed by atoms with Crippen LogP contribution in [-0.4, -0.2) is 93.4 Å². The van der Waals surface area contributed by atoms with Gasteiger partial charge >= 0.3 is 6.03 Å². The number of anilines is 4. The fourth-order valence-electron chi connectivity index (χ4n) is 5.52. The molecule has 0 fully saturated rings. The van der Waals surface area contributed by atoms with Crippen molar-refractivity contribution in [1.82, 2.24) is 9.97 Å². The molecule has 6 N–H and O–H groups in total. The van der Waals surface area contributed by atoms with Gasteiger partial charge in [0.2, 0.25) is 35.1 Å². The Morgan fingerprint density at radius 2 is 1.00 bits per heavy atom.